The third-order valence-corrected chi connectivity index (χ3v) is 3.91. The Hall–Kier alpha value is -1.97. The normalized spacial score (nSPS) is 12.7. The van der Waals surface area contributed by atoms with E-state index in [0.717, 1.165) is 0 Å². The fourth-order valence-corrected chi connectivity index (χ4v) is 2.50. The largest absolute Gasteiger partial charge is 0.481 e. The molecule has 0 aliphatic heterocycles. The molecule has 1 aromatic rings. The Labute approximate surface area is 122 Å². The number of benzene rings is 1. The van der Waals surface area contributed by atoms with E-state index >= 15 is 0 Å². The summed E-state index contributed by atoms with van der Waals surface area (Å²) in [5, 5.41) is 16.1. The van der Waals surface area contributed by atoms with E-state index in [0.29, 0.717) is 5.56 Å². The molecule has 0 spiro atoms. The van der Waals surface area contributed by atoms with Gasteiger partial charge in [0.05, 0.1) is 10.9 Å². The standard InChI is InChI=1S/C12H17N3O5S/c1-7-9(3-2-4-10(7)21(14,19)20)15-12(18)8(13)5-6-11(16)17/h2-4,8H,5-6,13H2,1H3,(H,15,18)(H,16,17)(H2,14,19,20). The van der Waals surface area contributed by atoms with Crippen LogP contribution in [0.3, 0.4) is 0 Å². The van der Waals surface area contributed by atoms with E-state index in [1.807, 2.05) is 0 Å². The Kier molecular flexibility index (Phi) is 5.41. The molecular weight excluding hydrogens is 298 g/mol. The van der Waals surface area contributed by atoms with Crippen LogP contribution in [0.15, 0.2) is 23.1 Å². The summed E-state index contributed by atoms with van der Waals surface area (Å²) in [6.45, 7) is 1.50. The second-order valence-corrected chi connectivity index (χ2v) is 6.03. The van der Waals surface area contributed by atoms with Crippen LogP contribution in [-0.4, -0.2) is 31.4 Å². The van der Waals surface area contributed by atoms with Crippen molar-refractivity contribution in [2.75, 3.05) is 5.32 Å². The number of carbonyl (C=O) groups excluding carboxylic acids is 1. The highest BCUT2D eigenvalue weighted by molar-refractivity contribution is 7.89. The molecule has 0 bridgehead atoms. The van der Waals surface area contributed by atoms with Gasteiger partial charge in [-0.25, -0.2) is 13.6 Å². The maximum absolute atomic E-state index is 11.8. The van der Waals surface area contributed by atoms with Crippen molar-refractivity contribution < 1.29 is 23.1 Å². The van der Waals surface area contributed by atoms with Gasteiger partial charge in [0, 0.05) is 12.1 Å². The first-order valence-corrected chi connectivity index (χ1v) is 7.58. The number of aliphatic carboxylic acids is 1. The lowest BCUT2D eigenvalue weighted by Crippen LogP contribution is -2.36. The van der Waals surface area contributed by atoms with E-state index in [1.165, 1.54) is 25.1 Å². The van der Waals surface area contributed by atoms with Gasteiger partial charge in [-0.3, -0.25) is 9.59 Å². The third kappa shape index (κ3) is 4.81. The predicted molar refractivity (Wildman–Crippen MR) is 76.0 cm³/mol. The smallest absolute Gasteiger partial charge is 0.303 e. The summed E-state index contributed by atoms with van der Waals surface area (Å²) in [6.07, 6.45) is -0.250. The first kappa shape index (κ1) is 17.1. The number of carbonyl (C=O) groups is 2. The molecule has 0 saturated heterocycles. The SMILES string of the molecule is Cc1c(NC(=O)C(N)CCC(=O)O)cccc1S(N)(=O)=O. The molecule has 1 amide bonds. The van der Waals surface area contributed by atoms with Crippen LogP contribution in [-0.2, 0) is 19.6 Å². The molecule has 0 aliphatic rings. The Bertz CT molecular complexity index is 657. The zero-order valence-corrected chi connectivity index (χ0v) is 12.2. The van der Waals surface area contributed by atoms with Gasteiger partial charge in [-0.1, -0.05) is 6.07 Å². The Morgan fingerprint density at radius 3 is 2.52 bits per heavy atom. The first-order chi connectivity index (χ1) is 9.62. The third-order valence-electron chi connectivity index (χ3n) is 2.85. The molecule has 1 aromatic carbocycles. The molecular formula is C12H17N3O5S. The number of carboxylic acid groups (broad SMARTS) is 1. The van der Waals surface area contributed by atoms with Gasteiger partial charge in [0.2, 0.25) is 15.9 Å². The molecule has 0 saturated carbocycles. The van der Waals surface area contributed by atoms with Crippen LogP contribution < -0.4 is 16.2 Å². The number of nitrogens with two attached hydrogens (primary N) is 2. The first-order valence-electron chi connectivity index (χ1n) is 6.03. The Morgan fingerprint density at radius 1 is 1.38 bits per heavy atom. The summed E-state index contributed by atoms with van der Waals surface area (Å²) >= 11 is 0. The molecule has 21 heavy (non-hydrogen) atoms. The second kappa shape index (κ2) is 6.66. The number of amides is 1. The molecule has 0 radical (unpaired) electrons. The summed E-state index contributed by atoms with van der Waals surface area (Å²) in [4.78, 5) is 22.2. The van der Waals surface area contributed by atoms with E-state index in [-0.39, 0.29) is 23.4 Å². The van der Waals surface area contributed by atoms with Crippen LogP contribution in [0.1, 0.15) is 18.4 Å². The average Bonchev–Trinajstić information content (AvgIpc) is 2.36. The number of rotatable bonds is 6. The molecule has 0 aliphatic carbocycles. The summed E-state index contributed by atoms with van der Waals surface area (Å²) < 4.78 is 22.8. The van der Waals surface area contributed by atoms with Crippen LogP contribution in [0.25, 0.3) is 0 Å². The van der Waals surface area contributed by atoms with E-state index in [4.69, 9.17) is 16.0 Å². The predicted octanol–water partition coefficient (Wildman–Crippen LogP) is -0.227. The number of nitrogens with one attached hydrogen (secondary N) is 1. The molecule has 1 rings (SSSR count). The lowest BCUT2D eigenvalue weighted by atomic mass is 10.1. The molecule has 6 N–H and O–H groups in total. The lowest BCUT2D eigenvalue weighted by molar-refractivity contribution is -0.137. The van der Waals surface area contributed by atoms with Crippen LogP contribution in [0.5, 0.6) is 0 Å². The maximum atomic E-state index is 11.8. The zero-order valence-electron chi connectivity index (χ0n) is 11.4. The summed E-state index contributed by atoms with van der Waals surface area (Å²) in [5.41, 5.74) is 6.12. The van der Waals surface area contributed by atoms with Gasteiger partial charge in [-0.2, -0.15) is 0 Å². The molecule has 9 heteroatoms. The number of carboxylic acids is 1. The van der Waals surface area contributed by atoms with Crippen molar-refractivity contribution in [2.24, 2.45) is 10.9 Å². The maximum Gasteiger partial charge on any atom is 0.303 e. The molecule has 1 atom stereocenters. The molecule has 1 unspecified atom stereocenters. The van der Waals surface area contributed by atoms with Crippen molar-refractivity contribution in [2.45, 2.75) is 30.7 Å². The van der Waals surface area contributed by atoms with Gasteiger partial charge < -0.3 is 16.2 Å². The van der Waals surface area contributed by atoms with Crippen molar-refractivity contribution in [1.29, 1.82) is 0 Å². The topological polar surface area (TPSA) is 153 Å². The lowest BCUT2D eigenvalue weighted by Gasteiger charge is -2.14. The van der Waals surface area contributed by atoms with E-state index in [1.54, 1.807) is 0 Å². The minimum Gasteiger partial charge on any atom is -0.481 e. The number of hydrogen-bond acceptors (Lipinski definition) is 5. The Balaban J connectivity index is 2.89. The minimum absolute atomic E-state index is 0.0188. The average molecular weight is 315 g/mol. The van der Waals surface area contributed by atoms with Gasteiger partial charge in [0.1, 0.15) is 0 Å². The number of hydrogen-bond donors (Lipinski definition) is 4. The molecule has 8 nitrogen and oxygen atoms in total. The second-order valence-electron chi connectivity index (χ2n) is 4.50. The van der Waals surface area contributed by atoms with Gasteiger partial charge in [0.15, 0.2) is 0 Å². The van der Waals surface area contributed by atoms with Gasteiger partial charge in [0.25, 0.3) is 0 Å². The van der Waals surface area contributed by atoms with Gasteiger partial charge in [-0.05, 0) is 31.0 Å². The van der Waals surface area contributed by atoms with Gasteiger partial charge >= 0.3 is 5.97 Å². The van der Waals surface area contributed by atoms with Crippen LogP contribution in [0, 0.1) is 6.92 Å². The highest BCUT2D eigenvalue weighted by atomic mass is 32.2. The van der Waals surface area contributed by atoms with E-state index < -0.39 is 27.9 Å². The fourth-order valence-electron chi connectivity index (χ4n) is 1.69. The molecule has 0 heterocycles. The van der Waals surface area contributed by atoms with Crippen LogP contribution in [0.4, 0.5) is 5.69 Å². The minimum atomic E-state index is -3.89. The van der Waals surface area contributed by atoms with Crippen LogP contribution in [0.2, 0.25) is 0 Å². The van der Waals surface area contributed by atoms with Crippen molar-refractivity contribution in [3.8, 4) is 0 Å². The molecule has 0 aromatic heterocycles. The summed E-state index contributed by atoms with van der Waals surface area (Å²) in [6, 6.07) is 3.26. The summed E-state index contributed by atoms with van der Waals surface area (Å²) in [5.74, 6) is -1.64. The van der Waals surface area contributed by atoms with Gasteiger partial charge in [-0.15, -0.1) is 0 Å². The highest BCUT2D eigenvalue weighted by Gasteiger charge is 2.18. The zero-order chi connectivity index (χ0) is 16.2. The Morgan fingerprint density at radius 2 is 2.00 bits per heavy atom. The molecule has 0 fully saturated rings. The van der Waals surface area contributed by atoms with Crippen molar-refractivity contribution in [3.63, 3.8) is 0 Å². The highest BCUT2D eigenvalue weighted by Crippen LogP contribution is 2.22. The monoisotopic (exact) mass is 315 g/mol. The molecule has 116 valence electrons. The van der Waals surface area contributed by atoms with Crippen molar-refractivity contribution in [3.05, 3.63) is 23.8 Å². The number of sulfonamides is 1. The number of primary sulfonamides is 1. The summed E-state index contributed by atoms with van der Waals surface area (Å²) in [7, 11) is -3.89. The van der Waals surface area contributed by atoms with Crippen LogP contribution >= 0.6 is 0 Å². The van der Waals surface area contributed by atoms with Crippen molar-refractivity contribution in [1.82, 2.24) is 0 Å². The number of anilines is 1. The van der Waals surface area contributed by atoms with Crippen molar-refractivity contribution >= 4 is 27.6 Å². The fraction of sp³-hybridized carbons (Fsp3) is 0.333. The van der Waals surface area contributed by atoms with E-state index in [2.05, 4.69) is 5.32 Å². The van der Waals surface area contributed by atoms with E-state index in [9.17, 15) is 18.0 Å². The quantitative estimate of drug-likeness (QED) is 0.569.